The Hall–Kier alpha value is -0.660. The summed E-state index contributed by atoms with van der Waals surface area (Å²) in [5.74, 6) is 0.829. The summed E-state index contributed by atoms with van der Waals surface area (Å²) in [4.78, 5) is 4.22. The molecule has 0 aliphatic heterocycles. The lowest BCUT2D eigenvalue weighted by Crippen LogP contribution is -2.00. The van der Waals surface area contributed by atoms with Crippen LogP contribution < -0.4 is 5.32 Å². The minimum atomic E-state index is 0.829. The molecule has 2 aromatic heterocycles. The molecular formula is C9H12N4S3. The highest BCUT2D eigenvalue weighted by atomic mass is 32.2. The van der Waals surface area contributed by atoms with E-state index in [4.69, 9.17) is 0 Å². The molecule has 0 aliphatic rings. The normalized spacial score (nSPS) is 10.6. The van der Waals surface area contributed by atoms with Gasteiger partial charge >= 0.3 is 0 Å². The number of hydrogen-bond acceptors (Lipinski definition) is 7. The van der Waals surface area contributed by atoms with Crippen LogP contribution in [-0.4, -0.2) is 21.1 Å². The van der Waals surface area contributed by atoms with Crippen molar-refractivity contribution < 1.29 is 0 Å². The Morgan fingerprint density at radius 1 is 1.50 bits per heavy atom. The first-order valence-electron chi connectivity index (χ1n) is 4.97. The molecule has 0 atom stereocenters. The van der Waals surface area contributed by atoms with Crippen LogP contribution in [-0.2, 0) is 5.75 Å². The monoisotopic (exact) mass is 272 g/mol. The van der Waals surface area contributed by atoms with E-state index in [1.165, 1.54) is 11.5 Å². The van der Waals surface area contributed by atoms with Crippen LogP contribution in [0.4, 0.5) is 5.00 Å². The van der Waals surface area contributed by atoms with Crippen molar-refractivity contribution in [3.8, 4) is 0 Å². The van der Waals surface area contributed by atoms with Crippen molar-refractivity contribution in [2.24, 2.45) is 0 Å². The van der Waals surface area contributed by atoms with Gasteiger partial charge in [-0.2, -0.15) is 0 Å². The predicted molar refractivity (Wildman–Crippen MR) is 70.4 cm³/mol. The van der Waals surface area contributed by atoms with Crippen molar-refractivity contribution in [2.75, 3.05) is 11.9 Å². The molecule has 2 rings (SSSR count). The lowest BCUT2D eigenvalue weighted by molar-refractivity contribution is 0.976. The van der Waals surface area contributed by atoms with Crippen LogP contribution in [0.5, 0.6) is 0 Å². The maximum Gasteiger partial charge on any atom is 0.150 e. The van der Waals surface area contributed by atoms with Crippen LogP contribution in [0, 0.1) is 0 Å². The van der Waals surface area contributed by atoms with E-state index in [2.05, 4.69) is 26.8 Å². The van der Waals surface area contributed by atoms with Gasteiger partial charge in [0.25, 0.3) is 0 Å². The molecule has 0 saturated carbocycles. The van der Waals surface area contributed by atoms with Crippen LogP contribution in [0.25, 0.3) is 0 Å². The number of thioether (sulfide) groups is 1. The van der Waals surface area contributed by atoms with E-state index >= 15 is 0 Å². The fraction of sp³-hybridized carbons (Fsp3) is 0.444. The first-order valence-corrected chi connectivity index (χ1v) is 7.61. The third-order valence-corrected chi connectivity index (χ3v) is 4.54. The molecule has 0 saturated heterocycles. The quantitative estimate of drug-likeness (QED) is 0.819. The van der Waals surface area contributed by atoms with Gasteiger partial charge in [0.1, 0.15) is 15.0 Å². The summed E-state index contributed by atoms with van der Waals surface area (Å²) in [6.45, 7) is 3.12. The zero-order valence-electron chi connectivity index (χ0n) is 8.84. The Morgan fingerprint density at radius 3 is 3.19 bits per heavy atom. The van der Waals surface area contributed by atoms with E-state index in [1.54, 1.807) is 23.1 Å². The number of thiazole rings is 1. The molecule has 0 bridgehead atoms. The number of rotatable bonds is 6. The van der Waals surface area contributed by atoms with Gasteiger partial charge in [-0.25, -0.2) is 4.98 Å². The summed E-state index contributed by atoms with van der Waals surface area (Å²) >= 11 is 4.78. The molecule has 2 heterocycles. The molecule has 16 heavy (non-hydrogen) atoms. The zero-order chi connectivity index (χ0) is 11.2. The van der Waals surface area contributed by atoms with Gasteiger partial charge in [0, 0.05) is 35.4 Å². The Bertz CT molecular complexity index is 412. The second-order valence-electron chi connectivity index (χ2n) is 3.06. The second-order valence-corrected chi connectivity index (χ2v) is 5.93. The Kier molecular flexibility index (Phi) is 4.55. The van der Waals surface area contributed by atoms with Gasteiger partial charge in [-0.3, -0.25) is 0 Å². The highest BCUT2D eigenvalue weighted by Gasteiger charge is 2.08. The molecule has 0 unspecified atom stereocenters. The molecular weight excluding hydrogens is 260 g/mol. The highest BCUT2D eigenvalue weighted by molar-refractivity contribution is 8.00. The van der Waals surface area contributed by atoms with Crippen LogP contribution in [0.15, 0.2) is 15.9 Å². The average Bonchev–Trinajstić information content (AvgIpc) is 2.94. The molecule has 86 valence electrons. The molecule has 7 heteroatoms. The van der Waals surface area contributed by atoms with Crippen molar-refractivity contribution in [3.63, 3.8) is 0 Å². The molecule has 0 aliphatic carbocycles. The smallest absolute Gasteiger partial charge is 0.150 e. The van der Waals surface area contributed by atoms with Crippen LogP contribution in [0.1, 0.15) is 19.0 Å². The molecule has 0 spiro atoms. The maximum atomic E-state index is 4.22. The summed E-state index contributed by atoms with van der Waals surface area (Å²) in [6.07, 6.45) is 2.93. The SMILES string of the molecule is CCCNc1snnc1CSc1nccs1. The fourth-order valence-corrected chi connectivity index (χ4v) is 3.36. The van der Waals surface area contributed by atoms with Crippen molar-refractivity contribution in [3.05, 3.63) is 17.3 Å². The van der Waals surface area contributed by atoms with Gasteiger partial charge in [0.15, 0.2) is 0 Å². The van der Waals surface area contributed by atoms with Crippen molar-refractivity contribution >= 4 is 39.6 Å². The molecule has 0 fully saturated rings. The van der Waals surface area contributed by atoms with Crippen molar-refractivity contribution in [1.29, 1.82) is 0 Å². The highest BCUT2D eigenvalue weighted by Crippen LogP contribution is 2.28. The minimum Gasteiger partial charge on any atom is -0.374 e. The standard InChI is InChI=1S/C9H12N4S3/c1-2-3-10-8-7(12-13-16-8)6-15-9-11-4-5-14-9/h4-5,10H,2-3,6H2,1H3. The first-order chi connectivity index (χ1) is 7.90. The zero-order valence-corrected chi connectivity index (χ0v) is 11.3. The largest absolute Gasteiger partial charge is 0.374 e. The number of aromatic nitrogens is 3. The topological polar surface area (TPSA) is 50.7 Å². The van der Waals surface area contributed by atoms with E-state index in [1.807, 2.05) is 11.6 Å². The van der Waals surface area contributed by atoms with Gasteiger partial charge in [0.05, 0.1) is 0 Å². The van der Waals surface area contributed by atoms with Crippen LogP contribution in [0.2, 0.25) is 0 Å². The van der Waals surface area contributed by atoms with Gasteiger partial charge in [-0.05, 0) is 6.42 Å². The molecule has 4 nitrogen and oxygen atoms in total. The van der Waals surface area contributed by atoms with E-state index in [0.717, 1.165) is 33.8 Å². The van der Waals surface area contributed by atoms with Crippen molar-refractivity contribution in [2.45, 2.75) is 23.4 Å². The number of hydrogen-bond donors (Lipinski definition) is 1. The Balaban J connectivity index is 1.91. The van der Waals surface area contributed by atoms with Gasteiger partial charge in [0.2, 0.25) is 0 Å². The summed E-state index contributed by atoms with van der Waals surface area (Å²) in [5, 5.41) is 10.5. The van der Waals surface area contributed by atoms with E-state index in [9.17, 15) is 0 Å². The minimum absolute atomic E-state index is 0.829. The lowest BCUT2D eigenvalue weighted by Gasteiger charge is -2.01. The number of nitrogens with zero attached hydrogens (tertiary/aromatic N) is 3. The van der Waals surface area contributed by atoms with E-state index < -0.39 is 0 Å². The lowest BCUT2D eigenvalue weighted by atomic mass is 10.4. The summed E-state index contributed by atoms with van der Waals surface area (Å²) in [5.41, 5.74) is 1.03. The van der Waals surface area contributed by atoms with Crippen LogP contribution in [0.3, 0.4) is 0 Å². The predicted octanol–water partition coefficient (Wildman–Crippen LogP) is 3.11. The third kappa shape index (κ3) is 3.16. The summed E-state index contributed by atoms with van der Waals surface area (Å²) < 4.78 is 5.05. The summed E-state index contributed by atoms with van der Waals surface area (Å²) in [7, 11) is 0. The van der Waals surface area contributed by atoms with Gasteiger partial charge in [-0.1, -0.05) is 23.2 Å². The Morgan fingerprint density at radius 2 is 2.44 bits per heavy atom. The van der Waals surface area contributed by atoms with Crippen LogP contribution >= 0.6 is 34.6 Å². The Labute approximate surface area is 107 Å². The first kappa shape index (κ1) is 11.8. The van der Waals surface area contributed by atoms with Gasteiger partial charge < -0.3 is 5.32 Å². The fourth-order valence-electron chi connectivity index (χ4n) is 1.09. The molecule has 2 aromatic rings. The summed E-state index contributed by atoms with van der Waals surface area (Å²) in [6, 6.07) is 0. The third-order valence-electron chi connectivity index (χ3n) is 1.83. The molecule has 0 aromatic carbocycles. The van der Waals surface area contributed by atoms with E-state index in [0.29, 0.717) is 0 Å². The van der Waals surface area contributed by atoms with Crippen molar-refractivity contribution in [1.82, 2.24) is 14.6 Å². The van der Waals surface area contributed by atoms with Gasteiger partial charge in [-0.15, -0.1) is 16.4 Å². The average molecular weight is 272 g/mol. The second kappa shape index (κ2) is 6.17. The maximum absolute atomic E-state index is 4.22. The molecule has 0 radical (unpaired) electrons. The molecule has 1 N–H and O–H groups in total. The molecule has 0 amide bonds. The number of nitrogens with one attached hydrogen (secondary N) is 1. The number of anilines is 1. The van der Waals surface area contributed by atoms with E-state index in [-0.39, 0.29) is 0 Å².